The molecule has 0 aliphatic heterocycles. The van der Waals surface area contributed by atoms with Crippen molar-refractivity contribution in [3.63, 3.8) is 0 Å². The third-order valence-corrected chi connectivity index (χ3v) is 4.66. The average Bonchev–Trinajstić information content (AvgIpc) is 2.87. The Hall–Kier alpha value is -0.830. The van der Waals surface area contributed by atoms with Crippen LogP contribution in [0.5, 0.6) is 0 Å². The number of nitrogens with zero attached hydrogens (tertiary/aromatic N) is 2. The van der Waals surface area contributed by atoms with Crippen molar-refractivity contribution >= 4 is 0 Å². The van der Waals surface area contributed by atoms with E-state index in [1.54, 1.807) is 0 Å². The molecule has 3 nitrogen and oxygen atoms in total. The van der Waals surface area contributed by atoms with Gasteiger partial charge in [0.2, 0.25) is 0 Å². The monoisotopic (exact) mass is 293 g/mol. The van der Waals surface area contributed by atoms with Crippen LogP contribution in [-0.4, -0.2) is 22.6 Å². The zero-order chi connectivity index (χ0) is 15.7. The van der Waals surface area contributed by atoms with Crippen molar-refractivity contribution in [3.05, 3.63) is 18.2 Å². The summed E-state index contributed by atoms with van der Waals surface area (Å²) in [5, 5.41) is 3.70. The van der Waals surface area contributed by atoms with Gasteiger partial charge in [0.05, 0.1) is 0 Å². The summed E-state index contributed by atoms with van der Waals surface area (Å²) in [4.78, 5) is 4.48. The Morgan fingerprint density at radius 3 is 2.57 bits per heavy atom. The number of hydrogen-bond donors (Lipinski definition) is 1. The molecule has 0 bridgehead atoms. The van der Waals surface area contributed by atoms with E-state index in [0.717, 1.165) is 25.4 Å². The Balaban J connectivity index is 2.62. The van der Waals surface area contributed by atoms with E-state index in [2.05, 4.69) is 49.6 Å². The molecule has 0 aromatic carbocycles. The van der Waals surface area contributed by atoms with Gasteiger partial charge in [-0.05, 0) is 37.1 Å². The molecule has 0 saturated carbocycles. The van der Waals surface area contributed by atoms with E-state index in [9.17, 15) is 0 Å². The molecule has 1 aromatic heterocycles. The van der Waals surface area contributed by atoms with E-state index in [1.165, 1.54) is 37.9 Å². The summed E-state index contributed by atoms with van der Waals surface area (Å²) in [6, 6.07) is 0. The second kappa shape index (κ2) is 9.24. The SMILES string of the molecule is CCCCC(CC)(CCc1nccn1C)CNCC(C)C. The molecule has 1 N–H and O–H groups in total. The molecule has 21 heavy (non-hydrogen) atoms. The Morgan fingerprint density at radius 1 is 1.29 bits per heavy atom. The van der Waals surface area contributed by atoms with Crippen molar-refractivity contribution in [2.24, 2.45) is 18.4 Å². The number of imidazole rings is 1. The minimum Gasteiger partial charge on any atom is -0.338 e. The standard InChI is InChI=1S/C18H35N3/c1-6-8-10-18(7-2,15-19-14-16(3)4)11-9-17-20-12-13-21(17)5/h12-13,16,19H,6-11,14-15H2,1-5H3. The molecular formula is C18H35N3. The average molecular weight is 293 g/mol. The fourth-order valence-electron chi connectivity index (χ4n) is 2.97. The van der Waals surface area contributed by atoms with Crippen LogP contribution in [0.25, 0.3) is 0 Å². The van der Waals surface area contributed by atoms with Crippen molar-refractivity contribution in [2.45, 2.75) is 66.2 Å². The van der Waals surface area contributed by atoms with Crippen LogP contribution in [0.4, 0.5) is 0 Å². The minimum atomic E-state index is 0.427. The fraction of sp³-hybridized carbons (Fsp3) is 0.833. The molecule has 0 aliphatic carbocycles. The number of unbranched alkanes of at least 4 members (excludes halogenated alkanes) is 1. The first kappa shape index (κ1) is 18.2. The van der Waals surface area contributed by atoms with Gasteiger partial charge in [0.25, 0.3) is 0 Å². The second-order valence-corrected chi connectivity index (χ2v) is 6.94. The Morgan fingerprint density at radius 2 is 2.05 bits per heavy atom. The predicted molar refractivity (Wildman–Crippen MR) is 91.5 cm³/mol. The van der Waals surface area contributed by atoms with Crippen molar-refractivity contribution in [1.82, 2.24) is 14.9 Å². The predicted octanol–water partition coefficient (Wildman–Crippen LogP) is 4.18. The van der Waals surface area contributed by atoms with E-state index >= 15 is 0 Å². The van der Waals surface area contributed by atoms with Gasteiger partial charge in [-0.2, -0.15) is 0 Å². The summed E-state index contributed by atoms with van der Waals surface area (Å²) in [7, 11) is 2.10. The quantitative estimate of drug-likeness (QED) is 0.663. The van der Waals surface area contributed by atoms with Crippen LogP contribution in [0, 0.1) is 11.3 Å². The third kappa shape index (κ3) is 6.21. The maximum atomic E-state index is 4.48. The molecule has 0 radical (unpaired) electrons. The van der Waals surface area contributed by atoms with Gasteiger partial charge < -0.3 is 9.88 Å². The molecule has 0 aliphatic rings. The highest BCUT2D eigenvalue weighted by molar-refractivity contribution is 4.94. The van der Waals surface area contributed by atoms with Crippen LogP contribution < -0.4 is 5.32 Å². The lowest BCUT2D eigenvalue weighted by molar-refractivity contribution is 0.208. The zero-order valence-electron chi connectivity index (χ0n) is 14.8. The lowest BCUT2D eigenvalue weighted by Gasteiger charge is -2.34. The van der Waals surface area contributed by atoms with E-state index < -0.39 is 0 Å². The first-order valence-corrected chi connectivity index (χ1v) is 8.70. The van der Waals surface area contributed by atoms with Gasteiger partial charge in [-0.15, -0.1) is 0 Å². The van der Waals surface area contributed by atoms with E-state index in [-0.39, 0.29) is 0 Å². The number of aromatic nitrogens is 2. The molecule has 122 valence electrons. The van der Waals surface area contributed by atoms with Crippen LogP contribution in [0.1, 0.15) is 65.6 Å². The smallest absolute Gasteiger partial charge is 0.108 e. The Kier molecular flexibility index (Phi) is 8.02. The molecule has 1 atom stereocenters. The van der Waals surface area contributed by atoms with E-state index in [4.69, 9.17) is 0 Å². The van der Waals surface area contributed by atoms with E-state index in [1.807, 2.05) is 12.4 Å². The summed E-state index contributed by atoms with van der Waals surface area (Å²) in [5.41, 5.74) is 0.427. The van der Waals surface area contributed by atoms with Crippen LogP contribution in [0.2, 0.25) is 0 Å². The lowest BCUT2D eigenvalue weighted by atomic mass is 9.76. The van der Waals surface area contributed by atoms with Gasteiger partial charge in [-0.25, -0.2) is 4.98 Å². The lowest BCUT2D eigenvalue weighted by Crippen LogP contribution is -2.36. The molecule has 0 saturated heterocycles. The molecule has 1 unspecified atom stereocenters. The first-order valence-electron chi connectivity index (χ1n) is 8.70. The summed E-state index contributed by atoms with van der Waals surface area (Å²) < 4.78 is 2.15. The third-order valence-electron chi connectivity index (χ3n) is 4.66. The topological polar surface area (TPSA) is 29.9 Å². The molecule has 1 heterocycles. The minimum absolute atomic E-state index is 0.427. The van der Waals surface area contributed by atoms with Crippen LogP contribution >= 0.6 is 0 Å². The summed E-state index contributed by atoms with van der Waals surface area (Å²) >= 11 is 0. The Labute approximate surface area is 131 Å². The van der Waals surface area contributed by atoms with Gasteiger partial charge in [0.15, 0.2) is 0 Å². The molecular weight excluding hydrogens is 258 g/mol. The number of rotatable bonds is 11. The molecule has 3 heteroatoms. The first-order chi connectivity index (χ1) is 10.0. The highest BCUT2D eigenvalue weighted by Crippen LogP contribution is 2.33. The van der Waals surface area contributed by atoms with Crippen molar-refractivity contribution in [2.75, 3.05) is 13.1 Å². The van der Waals surface area contributed by atoms with Gasteiger partial charge in [0, 0.05) is 32.4 Å². The van der Waals surface area contributed by atoms with Crippen molar-refractivity contribution in [3.8, 4) is 0 Å². The molecule has 1 rings (SSSR count). The molecule has 0 fully saturated rings. The van der Waals surface area contributed by atoms with Crippen LogP contribution in [-0.2, 0) is 13.5 Å². The normalized spacial score (nSPS) is 14.6. The number of hydrogen-bond acceptors (Lipinski definition) is 2. The highest BCUT2D eigenvalue weighted by atomic mass is 15.0. The molecule has 1 aromatic rings. The number of nitrogens with one attached hydrogen (secondary N) is 1. The fourth-order valence-corrected chi connectivity index (χ4v) is 2.97. The van der Waals surface area contributed by atoms with Gasteiger partial charge >= 0.3 is 0 Å². The van der Waals surface area contributed by atoms with Gasteiger partial charge in [-0.1, -0.05) is 40.5 Å². The summed E-state index contributed by atoms with van der Waals surface area (Å²) in [6.07, 6.45) is 11.5. The highest BCUT2D eigenvalue weighted by Gasteiger charge is 2.27. The Bertz CT molecular complexity index is 384. The molecule has 0 amide bonds. The van der Waals surface area contributed by atoms with Crippen LogP contribution in [0.15, 0.2) is 12.4 Å². The maximum Gasteiger partial charge on any atom is 0.108 e. The van der Waals surface area contributed by atoms with Crippen molar-refractivity contribution in [1.29, 1.82) is 0 Å². The van der Waals surface area contributed by atoms with Crippen molar-refractivity contribution < 1.29 is 0 Å². The van der Waals surface area contributed by atoms with Gasteiger partial charge in [-0.3, -0.25) is 0 Å². The zero-order valence-corrected chi connectivity index (χ0v) is 14.8. The van der Waals surface area contributed by atoms with E-state index in [0.29, 0.717) is 5.41 Å². The van der Waals surface area contributed by atoms with Crippen LogP contribution in [0.3, 0.4) is 0 Å². The largest absolute Gasteiger partial charge is 0.338 e. The maximum absolute atomic E-state index is 4.48. The second-order valence-electron chi connectivity index (χ2n) is 6.94. The number of aryl methyl sites for hydroxylation is 2. The summed E-state index contributed by atoms with van der Waals surface area (Å²) in [5.74, 6) is 1.94. The molecule has 0 spiro atoms. The van der Waals surface area contributed by atoms with Gasteiger partial charge in [0.1, 0.15) is 5.82 Å². The summed E-state index contributed by atoms with van der Waals surface area (Å²) in [6.45, 7) is 11.5.